The maximum absolute atomic E-state index is 12.2. The van der Waals surface area contributed by atoms with E-state index in [4.69, 9.17) is 10.5 Å². The third-order valence-electron chi connectivity index (χ3n) is 2.94. The van der Waals surface area contributed by atoms with Crippen LogP contribution in [0.4, 0.5) is 0 Å². The molecule has 19 heavy (non-hydrogen) atoms. The number of amides is 1. The predicted molar refractivity (Wildman–Crippen MR) is 76.6 cm³/mol. The summed E-state index contributed by atoms with van der Waals surface area (Å²) in [5, 5.41) is 0. The maximum atomic E-state index is 12.2. The predicted octanol–water partition coefficient (Wildman–Crippen LogP) is 1.79. The average molecular weight is 264 g/mol. The second-order valence-corrected chi connectivity index (χ2v) is 4.54. The molecule has 0 bridgehead atoms. The Labute approximate surface area is 115 Å². The van der Waals surface area contributed by atoms with E-state index in [0.29, 0.717) is 26.1 Å². The number of methoxy groups -OCH3 is 1. The standard InChI is InChI=1S/C15H24N2O2/c1-19-12-5-9-15(18)17(11-6-10-16)13-14-7-3-2-4-8-14/h2-4,7-8H,5-6,9-13,16H2,1H3. The summed E-state index contributed by atoms with van der Waals surface area (Å²) in [4.78, 5) is 14.0. The Morgan fingerprint density at radius 1 is 1.26 bits per heavy atom. The Hall–Kier alpha value is -1.39. The van der Waals surface area contributed by atoms with E-state index < -0.39 is 0 Å². The van der Waals surface area contributed by atoms with Crippen molar-refractivity contribution >= 4 is 5.91 Å². The first-order chi connectivity index (χ1) is 9.27. The second kappa shape index (κ2) is 9.53. The van der Waals surface area contributed by atoms with Crippen LogP contribution in [0, 0.1) is 0 Å². The van der Waals surface area contributed by atoms with Gasteiger partial charge in [0.15, 0.2) is 0 Å². The molecule has 4 nitrogen and oxygen atoms in total. The number of hydrogen-bond acceptors (Lipinski definition) is 3. The fraction of sp³-hybridized carbons (Fsp3) is 0.533. The van der Waals surface area contributed by atoms with E-state index in [9.17, 15) is 4.79 Å². The molecule has 1 rings (SSSR count). The molecule has 0 radical (unpaired) electrons. The summed E-state index contributed by atoms with van der Waals surface area (Å²) in [5.41, 5.74) is 6.69. The van der Waals surface area contributed by atoms with E-state index in [1.165, 1.54) is 0 Å². The molecule has 0 fully saturated rings. The smallest absolute Gasteiger partial charge is 0.222 e. The lowest BCUT2D eigenvalue weighted by molar-refractivity contribution is -0.132. The minimum Gasteiger partial charge on any atom is -0.385 e. The van der Waals surface area contributed by atoms with Crippen molar-refractivity contribution in [3.63, 3.8) is 0 Å². The Bertz CT molecular complexity index is 354. The van der Waals surface area contributed by atoms with E-state index in [0.717, 1.165) is 24.9 Å². The molecule has 0 saturated carbocycles. The molecule has 0 saturated heterocycles. The van der Waals surface area contributed by atoms with Crippen LogP contribution in [0.3, 0.4) is 0 Å². The Balaban J connectivity index is 2.53. The molecule has 0 heterocycles. The third kappa shape index (κ3) is 6.36. The van der Waals surface area contributed by atoms with Crippen LogP contribution in [0.1, 0.15) is 24.8 Å². The van der Waals surface area contributed by atoms with Crippen molar-refractivity contribution in [1.29, 1.82) is 0 Å². The topological polar surface area (TPSA) is 55.6 Å². The summed E-state index contributed by atoms with van der Waals surface area (Å²) in [6, 6.07) is 10.0. The van der Waals surface area contributed by atoms with Crippen LogP contribution < -0.4 is 5.73 Å². The summed E-state index contributed by atoms with van der Waals surface area (Å²) in [7, 11) is 1.65. The normalized spacial score (nSPS) is 10.4. The van der Waals surface area contributed by atoms with Crippen molar-refractivity contribution < 1.29 is 9.53 Å². The molecule has 1 aromatic rings. The molecule has 2 N–H and O–H groups in total. The van der Waals surface area contributed by atoms with E-state index in [1.54, 1.807) is 7.11 Å². The molecular formula is C15H24N2O2. The van der Waals surface area contributed by atoms with E-state index >= 15 is 0 Å². The Morgan fingerprint density at radius 3 is 2.63 bits per heavy atom. The van der Waals surface area contributed by atoms with Crippen LogP contribution in [0.5, 0.6) is 0 Å². The molecule has 1 amide bonds. The fourth-order valence-corrected chi connectivity index (χ4v) is 1.90. The van der Waals surface area contributed by atoms with Gasteiger partial charge in [0, 0.05) is 33.2 Å². The van der Waals surface area contributed by atoms with Crippen molar-refractivity contribution in [3.8, 4) is 0 Å². The number of carbonyl (C=O) groups excluding carboxylic acids is 1. The van der Waals surface area contributed by atoms with E-state index in [1.807, 2.05) is 35.2 Å². The van der Waals surface area contributed by atoms with Crippen molar-refractivity contribution in [3.05, 3.63) is 35.9 Å². The van der Waals surface area contributed by atoms with Crippen molar-refractivity contribution in [2.45, 2.75) is 25.8 Å². The fourth-order valence-electron chi connectivity index (χ4n) is 1.90. The van der Waals surface area contributed by atoms with Crippen molar-refractivity contribution in [2.24, 2.45) is 5.73 Å². The number of ether oxygens (including phenoxy) is 1. The van der Waals surface area contributed by atoms with Gasteiger partial charge in [-0.05, 0) is 24.9 Å². The number of hydrogen-bond donors (Lipinski definition) is 1. The van der Waals surface area contributed by atoms with Gasteiger partial charge in [0.05, 0.1) is 0 Å². The molecule has 0 unspecified atom stereocenters. The monoisotopic (exact) mass is 264 g/mol. The maximum Gasteiger partial charge on any atom is 0.222 e. The van der Waals surface area contributed by atoms with Crippen LogP contribution in [-0.2, 0) is 16.1 Å². The lowest BCUT2D eigenvalue weighted by Gasteiger charge is -2.22. The zero-order chi connectivity index (χ0) is 13.9. The molecule has 0 aromatic heterocycles. The average Bonchev–Trinajstić information content (AvgIpc) is 2.44. The van der Waals surface area contributed by atoms with Crippen molar-refractivity contribution in [1.82, 2.24) is 4.90 Å². The van der Waals surface area contributed by atoms with Crippen LogP contribution in [0.15, 0.2) is 30.3 Å². The van der Waals surface area contributed by atoms with Crippen LogP contribution in [-0.4, -0.2) is 37.6 Å². The highest BCUT2D eigenvalue weighted by atomic mass is 16.5. The molecule has 0 spiro atoms. The number of nitrogens with two attached hydrogens (primary N) is 1. The highest BCUT2D eigenvalue weighted by Gasteiger charge is 2.12. The van der Waals surface area contributed by atoms with E-state index in [2.05, 4.69) is 0 Å². The zero-order valence-corrected chi connectivity index (χ0v) is 11.7. The van der Waals surface area contributed by atoms with Gasteiger partial charge in [0.1, 0.15) is 0 Å². The molecular weight excluding hydrogens is 240 g/mol. The summed E-state index contributed by atoms with van der Waals surface area (Å²) in [6.45, 7) is 2.61. The number of rotatable bonds is 9. The summed E-state index contributed by atoms with van der Waals surface area (Å²) in [5.74, 6) is 0.175. The summed E-state index contributed by atoms with van der Waals surface area (Å²) >= 11 is 0. The lowest BCUT2D eigenvalue weighted by atomic mass is 10.2. The van der Waals surface area contributed by atoms with Gasteiger partial charge < -0.3 is 15.4 Å². The van der Waals surface area contributed by atoms with Gasteiger partial charge >= 0.3 is 0 Å². The highest BCUT2D eigenvalue weighted by molar-refractivity contribution is 5.76. The SMILES string of the molecule is COCCCC(=O)N(CCCN)Cc1ccccc1. The molecule has 4 heteroatoms. The second-order valence-electron chi connectivity index (χ2n) is 4.54. The largest absolute Gasteiger partial charge is 0.385 e. The molecule has 0 aliphatic heterocycles. The molecule has 0 atom stereocenters. The number of benzene rings is 1. The van der Waals surface area contributed by atoms with Crippen molar-refractivity contribution in [2.75, 3.05) is 26.8 Å². The first kappa shape index (κ1) is 15.7. The van der Waals surface area contributed by atoms with Crippen LogP contribution in [0.25, 0.3) is 0 Å². The van der Waals surface area contributed by atoms with Gasteiger partial charge in [0.25, 0.3) is 0 Å². The molecule has 0 aliphatic rings. The van der Waals surface area contributed by atoms with Gasteiger partial charge in [-0.3, -0.25) is 4.79 Å². The van der Waals surface area contributed by atoms with Gasteiger partial charge in [-0.25, -0.2) is 0 Å². The lowest BCUT2D eigenvalue weighted by Crippen LogP contribution is -2.32. The minimum absolute atomic E-state index is 0.175. The zero-order valence-electron chi connectivity index (χ0n) is 11.7. The van der Waals surface area contributed by atoms with Gasteiger partial charge in [-0.15, -0.1) is 0 Å². The van der Waals surface area contributed by atoms with Gasteiger partial charge in [-0.1, -0.05) is 30.3 Å². The third-order valence-corrected chi connectivity index (χ3v) is 2.94. The minimum atomic E-state index is 0.175. The van der Waals surface area contributed by atoms with E-state index in [-0.39, 0.29) is 5.91 Å². The quantitative estimate of drug-likeness (QED) is 0.692. The first-order valence-electron chi connectivity index (χ1n) is 6.78. The highest BCUT2D eigenvalue weighted by Crippen LogP contribution is 2.08. The number of nitrogens with zero attached hydrogens (tertiary/aromatic N) is 1. The van der Waals surface area contributed by atoms with Crippen LogP contribution >= 0.6 is 0 Å². The molecule has 0 aliphatic carbocycles. The molecule has 1 aromatic carbocycles. The number of carbonyl (C=O) groups is 1. The Kier molecular flexibility index (Phi) is 7.86. The van der Waals surface area contributed by atoms with Crippen LogP contribution in [0.2, 0.25) is 0 Å². The summed E-state index contributed by atoms with van der Waals surface area (Å²) < 4.78 is 4.98. The molecule has 106 valence electrons. The summed E-state index contributed by atoms with van der Waals surface area (Å²) in [6.07, 6.45) is 2.14. The van der Waals surface area contributed by atoms with Gasteiger partial charge in [0.2, 0.25) is 5.91 Å². The van der Waals surface area contributed by atoms with Gasteiger partial charge in [-0.2, -0.15) is 0 Å². The Morgan fingerprint density at radius 2 is 2.00 bits per heavy atom. The first-order valence-corrected chi connectivity index (χ1v) is 6.78.